The van der Waals surface area contributed by atoms with Gasteiger partial charge in [0.15, 0.2) is 0 Å². The maximum absolute atomic E-state index is 5.36. The van der Waals surface area contributed by atoms with Crippen molar-refractivity contribution < 1.29 is 0 Å². The fraction of sp³-hybridized carbons (Fsp3) is 1.00. The predicted octanol–water partition coefficient (Wildman–Crippen LogP) is 1.72. The lowest BCUT2D eigenvalue weighted by Gasteiger charge is -2.13. The third kappa shape index (κ3) is 4.79. The number of rotatable bonds is 4. The first-order valence-corrected chi connectivity index (χ1v) is 4.55. The highest BCUT2D eigenvalue weighted by Gasteiger charge is 2.04. The minimum Gasteiger partial charge on any atom is -0.330 e. The Morgan fingerprint density at radius 1 is 1.33 bits per heavy atom. The molecule has 0 saturated heterocycles. The minimum absolute atomic E-state index is 0.758. The van der Waals surface area contributed by atoms with Crippen LogP contribution in [0.15, 0.2) is 0 Å². The fourth-order valence-electron chi connectivity index (χ4n) is 0.446. The smallest absolute Gasteiger partial charge is 0.00586 e. The van der Waals surface area contributed by atoms with E-state index in [2.05, 4.69) is 20.8 Å². The van der Waals surface area contributed by atoms with Crippen molar-refractivity contribution in [3.8, 4) is 0 Å². The van der Waals surface area contributed by atoms with E-state index in [1.165, 1.54) is 0 Å². The van der Waals surface area contributed by atoms with Crippen molar-refractivity contribution in [3.05, 3.63) is 0 Å². The van der Waals surface area contributed by atoms with E-state index in [0.29, 0.717) is 0 Å². The number of hydrogen-bond acceptors (Lipinski definition) is 2. The highest BCUT2D eigenvalue weighted by molar-refractivity contribution is 7.99. The molecule has 0 heterocycles. The summed E-state index contributed by atoms with van der Waals surface area (Å²) in [6, 6.07) is 0. The van der Waals surface area contributed by atoms with E-state index in [1.54, 1.807) is 0 Å². The van der Waals surface area contributed by atoms with Gasteiger partial charge in [0.25, 0.3) is 0 Å². The minimum atomic E-state index is 0.758. The van der Waals surface area contributed by atoms with Crippen LogP contribution in [0.4, 0.5) is 0 Å². The van der Waals surface area contributed by atoms with Gasteiger partial charge in [-0.1, -0.05) is 20.8 Å². The van der Waals surface area contributed by atoms with Gasteiger partial charge in [-0.15, -0.1) is 0 Å². The van der Waals surface area contributed by atoms with Crippen molar-refractivity contribution in [2.75, 3.05) is 12.3 Å². The first-order chi connectivity index (χ1) is 4.18. The highest BCUT2D eigenvalue weighted by Crippen LogP contribution is 2.17. The summed E-state index contributed by atoms with van der Waals surface area (Å²) in [6.45, 7) is 7.55. The van der Waals surface area contributed by atoms with Crippen LogP contribution in [-0.2, 0) is 0 Å². The maximum atomic E-state index is 5.36. The molecule has 1 atom stereocenters. The molecule has 0 aromatic rings. The fourth-order valence-corrected chi connectivity index (χ4v) is 1.34. The molecular formula is C7H17NS. The molecule has 0 aliphatic rings. The van der Waals surface area contributed by atoms with Gasteiger partial charge in [0.1, 0.15) is 0 Å². The van der Waals surface area contributed by atoms with Crippen molar-refractivity contribution in [1.82, 2.24) is 0 Å². The van der Waals surface area contributed by atoms with Gasteiger partial charge in [0, 0.05) is 17.5 Å². The summed E-state index contributed by atoms with van der Waals surface area (Å²) in [5.74, 6) is 1.88. The molecular weight excluding hydrogens is 130 g/mol. The molecule has 0 spiro atoms. The Kier molecular flexibility index (Phi) is 5.30. The zero-order valence-electron chi connectivity index (χ0n) is 6.55. The zero-order chi connectivity index (χ0) is 7.28. The van der Waals surface area contributed by atoms with E-state index < -0.39 is 0 Å². The van der Waals surface area contributed by atoms with Crippen LogP contribution in [0.5, 0.6) is 0 Å². The van der Waals surface area contributed by atoms with Crippen molar-refractivity contribution in [3.63, 3.8) is 0 Å². The lowest BCUT2D eigenvalue weighted by Crippen LogP contribution is -2.10. The molecule has 9 heavy (non-hydrogen) atoms. The van der Waals surface area contributed by atoms with Crippen LogP contribution in [0.3, 0.4) is 0 Å². The average molecular weight is 147 g/mol. The lowest BCUT2D eigenvalue weighted by atomic mass is 10.2. The van der Waals surface area contributed by atoms with Gasteiger partial charge in [-0.2, -0.15) is 11.8 Å². The molecule has 0 aliphatic heterocycles. The van der Waals surface area contributed by atoms with Gasteiger partial charge in [-0.3, -0.25) is 0 Å². The Balaban J connectivity index is 3.16. The third-order valence-electron chi connectivity index (χ3n) is 1.44. The van der Waals surface area contributed by atoms with Crippen LogP contribution in [0.25, 0.3) is 0 Å². The molecule has 1 nitrogen and oxygen atoms in total. The molecule has 0 fully saturated rings. The highest BCUT2D eigenvalue weighted by atomic mass is 32.2. The number of hydrogen-bond donors (Lipinski definition) is 1. The molecule has 0 aromatic heterocycles. The van der Waals surface area contributed by atoms with Gasteiger partial charge in [0.2, 0.25) is 0 Å². The summed E-state index contributed by atoms with van der Waals surface area (Å²) in [5, 5.41) is 0.758. The van der Waals surface area contributed by atoms with Crippen LogP contribution < -0.4 is 5.73 Å². The van der Waals surface area contributed by atoms with Crippen LogP contribution in [0.1, 0.15) is 20.8 Å². The lowest BCUT2D eigenvalue weighted by molar-refractivity contribution is 0.642. The molecule has 0 radical (unpaired) electrons. The molecule has 2 N–H and O–H groups in total. The molecule has 0 unspecified atom stereocenters. The number of nitrogens with two attached hydrogens (primary N) is 1. The molecule has 0 amide bonds. The Morgan fingerprint density at radius 2 is 1.89 bits per heavy atom. The van der Waals surface area contributed by atoms with Gasteiger partial charge in [-0.05, 0) is 5.92 Å². The topological polar surface area (TPSA) is 26.0 Å². The quantitative estimate of drug-likeness (QED) is 0.655. The predicted molar refractivity (Wildman–Crippen MR) is 45.8 cm³/mol. The summed E-state index contributed by atoms with van der Waals surface area (Å²) >= 11 is 1.96. The summed E-state index contributed by atoms with van der Waals surface area (Å²) in [6.07, 6.45) is 0. The Labute approximate surface area is 62.4 Å². The second-order valence-electron chi connectivity index (χ2n) is 2.61. The van der Waals surface area contributed by atoms with Crippen molar-refractivity contribution >= 4 is 11.8 Å². The molecule has 2 heteroatoms. The first kappa shape index (κ1) is 9.31. The molecule has 0 bridgehead atoms. The molecule has 56 valence electrons. The van der Waals surface area contributed by atoms with Crippen molar-refractivity contribution in [2.24, 2.45) is 11.7 Å². The van der Waals surface area contributed by atoms with E-state index in [4.69, 9.17) is 5.73 Å². The summed E-state index contributed by atoms with van der Waals surface area (Å²) < 4.78 is 0. The van der Waals surface area contributed by atoms with Gasteiger partial charge >= 0.3 is 0 Å². The van der Waals surface area contributed by atoms with Gasteiger partial charge in [-0.25, -0.2) is 0 Å². The SMILES string of the molecule is CC(C)[C@@H](C)SCCN. The summed E-state index contributed by atoms with van der Waals surface area (Å²) in [5.41, 5.74) is 5.36. The molecule has 0 aliphatic carbocycles. The molecule has 0 saturated carbocycles. The maximum Gasteiger partial charge on any atom is 0.00586 e. The van der Waals surface area contributed by atoms with Crippen LogP contribution in [-0.4, -0.2) is 17.5 Å². The number of thioether (sulfide) groups is 1. The summed E-state index contributed by atoms with van der Waals surface area (Å²) in [4.78, 5) is 0. The molecule has 0 rings (SSSR count). The van der Waals surface area contributed by atoms with E-state index in [0.717, 1.165) is 23.5 Å². The second-order valence-corrected chi connectivity index (χ2v) is 4.09. The van der Waals surface area contributed by atoms with Crippen molar-refractivity contribution in [2.45, 2.75) is 26.0 Å². The monoisotopic (exact) mass is 147 g/mol. The Morgan fingerprint density at radius 3 is 2.22 bits per heavy atom. The van der Waals surface area contributed by atoms with E-state index >= 15 is 0 Å². The van der Waals surface area contributed by atoms with Crippen LogP contribution >= 0.6 is 11.8 Å². The van der Waals surface area contributed by atoms with Gasteiger partial charge < -0.3 is 5.73 Å². The van der Waals surface area contributed by atoms with E-state index in [1.807, 2.05) is 11.8 Å². The Bertz CT molecular complexity index is 63.9. The molecule has 0 aromatic carbocycles. The Hall–Kier alpha value is 0.310. The van der Waals surface area contributed by atoms with Crippen LogP contribution in [0, 0.1) is 5.92 Å². The van der Waals surface area contributed by atoms with Gasteiger partial charge in [0.05, 0.1) is 0 Å². The van der Waals surface area contributed by atoms with E-state index in [-0.39, 0.29) is 0 Å². The standard InChI is InChI=1S/C7H17NS/c1-6(2)7(3)9-5-4-8/h6-7H,4-5,8H2,1-3H3/t7-/m1/s1. The van der Waals surface area contributed by atoms with Crippen molar-refractivity contribution in [1.29, 1.82) is 0 Å². The third-order valence-corrected chi connectivity index (χ3v) is 2.98. The largest absolute Gasteiger partial charge is 0.330 e. The first-order valence-electron chi connectivity index (χ1n) is 3.50. The average Bonchev–Trinajstić information content (AvgIpc) is 1.82. The van der Waals surface area contributed by atoms with Crippen LogP contribution in [0.2, 0.25) is 0 Å². The zero-order valence-corrected chi connectivity index (χ0v) is 7.37. The second kappa shape index (κ2) is 5.12. The normalized spacial score (nSPS) is 14.3. The summed E-state index contributed by atoms with van der Waals surface area (Å²) in [7, 11) is 0. The van der Waals surface area contributed by atoms with E-state index in [9.17, 15) is 0 Å².